The smallest absolute Gasteiger partial charge is 0.166 e. The van der Waals surface area contributed by atoms with E-state index in [4.69, 9.17) is 12.2 Å². The Balaban J connectivity index is 1.88. The largest absolute Gasteiger partial charge is 0.344 e. The molecule has 0 unspecified atom stereocenters. The monoisotopic (exact) mass is 253 g/mol. The maximum Gasteiger partial charge on any atom is 0.166 e. The molecule has 0 amide bonds. The normalized spacial score (nSPS) is 10.4. The summed E-state index contributed by atoms with van der Waals surface area (Å²) in [6.07, 6.45) is 0. The maximum absolute atomic E-state index is 5.34. The average Bonchev–Trinajstić information content (AvgIpc) is 2.84. The highest BCUT2D eigenvalue weighted by atomic mass is 32.1. The molecule has 2 aromatic carbocycles. The molecule has 1 aromatic heterocycles. The van der Waals surface area contributed by atoms with Crippen molar-refractivity contribution in [1.29, 1.82) is 0 Å². The Labute approximate surface area is 110 Å². The van der Waals surface area contributed by atoms with Crippen LogP contribution < -0.4 is 5.32 Å². The molecular weight excluding hydrogens is 242 g/mol. The van der Waals surface area contributed by atoms with Crippen LogP contribution in [0.15, 0.2) is 54.6 Å². The average molecular weight is 253 g/mol. The van der Waals surface area contributed by atoms with Crippen molar-refractivity contribution in [3.63, 3.8) is 0 Å². The van der Waals surface area contributed by atoms with E-state index in [-0.39, 0.29) is 0 Å². The molecule has 88 valence electrons. The SMILES string of the molecule is S=C(Nc1ccccc1)c1nc2ccccc2[nH]1. The van der Waals surface area contributed by atoms with Crippen molar-refractivity contribution in [2.24, 2.45) is 0 Å². The van der Waals surface area contributed by atoms with Crippen LogP contribution >= 0.6 is 12.2 Å². The Bertz CT molecular complexity index is 655. The van der Waals surface area contributed by atoms with Crippen molar-refractivity contribution in [3.8, 4) is 0 Å². The van der Waals surface area contributed by atoms with Gasteiger partial charge in [-0.15, -0.1) is 0 Å². The zero-order chi connectivity index (χ0) is 12.4. The van der Waals surface area contributed by atoms with Crippen molar-refractivity contribution < 1.29 is 0 Å². The lowest BCUT2D eigenvalue weighted by atomic mass is 10.3. The highest BCUT2D eigenvalue weighted by Gasteiger charge is 2.07. The molecular formula is C14H11N3S. The topological polar surface area (TPSA) is 40.7 Å². The highest BCUT2D eigenvalue weighted by molar-refractivity contribution is 7.81. The van der Waals surface area contributed by atoms with Gasteiger partial charge in [-0.05, 0) is 24.3 Å². The lowest BCUT2D eigenvalue weighted by molar-refractivity contribution is 1.29. The second-order valence-electron chi connectivity index (χ2n) is 3.92. The van der Waals surface area contributed by atoms with E-state index in [9.17, 15) is 0 Å². The zero-order valence-electron chi connectivity index (χ0n) is 9.55. The van der Waals surface area contributed by atoms with Gasteiger partial charge in [0.15, 0.2) is 5.82 Å². The summed E-state index contributed by atoms with van der Waals surface area (Å²) < 4.78 is 0. The summed E-state index contributed by atoms with van der Waals surface area (Å²) in [4.78, 5) is 8.25. The van der Waals surface area contributed by atoms with Crippen LogP contribution in [0.2, 0.25) is 0 Å². The molecule has 0 atom stereocenters. The summed E-state index contributed by atoms with van der Waals surface area (Å²) in [5, 5.41) is 3.16. The number of anilines is 1. The van der Waals surface area contributed by atoms with Crippen LogP contribution in [0.5, 0.6) is 0 Å². The molecule has 2 N–H and O–H groups in total. The number of rotatable bonds is 2. The third-order valence-corrected chi connectivity index (χ3v) is 2.93. The van der Waals surface area contributed by atoms with Crippen LogP contribution in [0.1, 0.15) is 5.82 Å². The van der Waals surface area contributed by atoms with Crippen LogP contribution in [0.25, 0.3) is 11.0 Å². The van der Waals surface area contributed by atoms with Gasteiger partial charge in [-0.2, -0.15) is 0 Å². The Hall–Kier alpha value is -2.20. The summed E-state index contributed by atoms with van der Waals surface area (Å²) in [6, 6.07) is 17.7. The number of nitrogens with zero attached hydrogens (tertiary/aromatic N) is 1. The van der Waals surface area contributed by atoms with Gasteiger partial charge in [-0.3, -0.25) is 0 Å². The van der Waals surface area contributed by atoms with E-state index in [0.717, 1.165) is 16.7 Å². The predicted molar refractivity (Wildman–Crippen MR) is 77.9 cm³/mol. The van der Waals surface area contributed by atoms with E-state index in [2.05, 4.69) is 15.3 Å². The number of benzene rings is 2. The molecule has 1 heterocycles. The molecule has 0 radical (unpaired) electrons. The number of aromatic nitrogens is 2. The number of aromatic amines is 1. The van der Waals surface area contributed by atoms with Crippen molar-refractivity contribution in [2.45, 2.75) is 0 Å². The number of imidazole rings is 1. The molecule has 0 aliphatic rings. The molecule has 0 saturated heterocycles. The quantitative estimate of drug-likeness (QED) is 0.688. The molecule has 3 nitrogen and oxygen atoms in total. The second kappa shape index (κ2) is 4.58. The number of hydrogen-bond acceptors (Lipinski definition) is 2. The summed E-state index contributed by atoms with van der Waals surface area (Å²) >= 11 is 5.34. The Morgan fingerprint density at radius 1 is 1.00 bits per heavy atom. The van der Waals surface area contributed by atoms with E-state index in [1.165, 1.54) is 0 Å². The molecule has 0 saturated carbocycles. The van der Waals surface area contributed by atoms with Crippen LogP contribution in [0.4, 0.5) is 5.69 Å². The minimum Gasteiger partial charge on any atom is -0.344 e. The van der Waals surface area contributed by atoms with Gasteiger partial charge < -0.3 is 10.3 Å². The Morgan fingerprint density at radius 3 is 2.50 bits per heavy atom. The fourth-order valence-corrected chi connectivity index (χ4v) is 1.99. The number of para-hydroxylation sites is 3. The molecule has 0 aliphatic carbocycles. The molecule has 3 rings (SSSR count). The first-order chi connectivity index (χ1) is 8.83. The highest BCUT2D eigenvalue weighted by Crippen LogP contribution is 2.12. The molecule has 3 aromatic rings. The molecule has 18 heavy (non-hydrogen) atoms. The second-order valence-corrected chi connectivity index (χ2v) is 4.33. The van der Waals surface area contributed by atoms with E-state index in [0.29, 0.717) is 10.8 Å². The lowest BCUT2D eigenvalue weighted by Gasteiger charge is -2.04. The van der Waals surface area contributed by atoms with Crippen molar-refractivity contribution in [3.05, 3.63) is 60.4 Å². The summed E-state index contributed by atoms with van der Waals surface area (Å²) in [5.74, 6) is 0.690. The van der Waals surface area contributed by atoms with E-state index in [1.807, 2.05) is 54.6 Å². The minimum atomic E-state index is 0.595. The van der Waals surface area contributed by atoms with Crippen molar-refractivity contribution in [1.82, 2.24) is 9.97 Å². The molecule has 0 fully saturated rings. The van der Waals surface area contributed by atoms with Crippen LogP contribution in [-0.4, -0.2) is 15.0 Å². The summed E-state index contributed by atoms with van der Waals surface area (Å²) in [6.45, 7) is 0. The molecule has 0 aliphatic heterocycles. The zero-order valence-corrected chi connectivity index (χ0v) is 10.4. The van der Waals surface area contributed by atoms with Gasteiger partial charge in [0.25, 0.3) is 0 Å². The predicted octanol–water partition coefficient (Wildman–Crippen LogP) is 3.35. The number of H-pyrrole nitrogens is 1. The Kier molecular flexibility index (Phi) is 2.78. The van der Waals surface area contributed by atoms with Gasteiger partial charge in [0.05, 0.1) is 11.0 Å². The van der Waals surface area contributed by atoms with E-state index in [1.54, 1.807) is 0 Å². The number of hydrogen-bond donors (Lipinski definition) is 2. The van der Waals surface area contributed by atoms with E-state index < -0.39 is 0 Å². The van der Waals surface area contributed by atoms with Crippen LogP contribution in [0.3, 0.4) is 0 Å². The van der Waals surface area contributed by atoms with Gasteiger partial charge in [-0.1, -0.05) is 42.5 Å². The fourth-order valence-electron chi connectivity index (χ4n) is 1.77. The number of fused-ring (bicyclic) bond motifs is 1. The molecule has 0 spiro atoms. The van der Waals surface area contributed by atoms with Crippen LogP contribution in [-0.2, 0) is 0 Å². The third kappa shape index (κ3) is 2.10. The van der Waals surface area contributed by atoms with Crippen molar-refractivity contribution >= 4 is 33.9 Å². The van der Waals surface area contributed by atoms with Gasteiger partial charge in [0, 0.05) is 5.69 Å². The van der Waals surface area contributed by atoms with Gasteiger partial charge in [0.1, 0.15) is 4.99 Å². The Morgan fingerprint density at radius 2 is 1.72 bits per heavy atom. The summed E-state index contributed by atoms with van der Waals surface area (Å²) in [5.41, 5.74) is 2.87. The first kappa shape index (κ1) is 10.9. The van der Waals surface area contributed by atoms with Gasteiger partial charge >= 0.3 is 0 Å². The molecule has 4 heteroatoms. The first-order valence-electron chi connectivity index (χ1n) is 5.64. The lowest BCUT2D eigenvalue weighted by Crippen LogP contribution is -2.11. The van der Waals surface area contributed by atoms with Gasteiger partial charge in [-0.25, -0.2) is 4.98 Å². The molecule has 0 bridgehead atoms. The summed E-state index contributed by atoms with van der Waals surface area (Å²) in [7, 11) is 0. The number of nitrogens with one attached hydrogen (secondary N) is 2. The standard InChI is InChI=1S/C14H11N3S/c18-14(15-10-6-2-1-3-7-10)13-16-11-8-4-5-9-12(11)17-13/h1-9H,(H,15,18)(H,16,17). The van der Waals surface area contributed by atoms with Crippen LogP contribution in [0, 0.1) is 0 Å². The fraction of sp³-hybridized carbons (Fsp3) is 0. The minimum absolute atomic E-state index is 0.595. The third-order valence-electron chi connectivity index (χ3n) is 2.64. The maximum atomic E-state index is 5.34. The van der Waals surface area contributed by atoms with Gasteiger partial charge in [0.2, 0.25) is 0 Å². The first-order valence-corrected chi connectivity index (χ1v) is 6.05. The number of thiocarbonyl (C=S) groups is 1. The van der Waals surface area contributed by atoms with Crippen molar-refractivity contribution in [2.75, 3.05) is 5.32 Å². The van der Waals surface area contributed by atoms with E-state index >= 15 is 0 Å².